The number of aromatic nitrogens is 3. The van der Waals surface area contributed by atoms with E-state index >= 15 is 0 Å². The van der Waals surface area contributed by atoms with Gasteiger partial charge in [0, 0.05) is 21.5 Å². The number of anilines is 1. The highest BCUT2D eigenvalue weighted by atomic mass is 35.5. The van der Waals surface area contributed by atoms with E-state index in [2.05, 4.69) is 28.6 Å². The van der Waals surface area contributed by atoms with E-state index in [0.29, 0.717) is 21.4 Å². The summed E-state index contributed by atoms with van der Waals surface area (Å²) >= 11 is 12.1. The number of hydrogen-bond donors (Lipinski definition) is 1. The number of aryl methyl sites for hydroxylation is 3. The lowest BCUT2D eigenvalue weighted by atomic mass is 10.0. The number of hydrogen-bond acceptors (Lipinski definition) is 4. The normalized spacial score (nSPS) is 11.2. The Hall–Kier alpha value is -3.66. The second-order valence-electron chi connectivity index (χ2n) is 7.69. The lowest BCUT2D eigenvalue weighted by Crippen LogP contribution is -2.14. The van der Waals surface area contributed by atoms with Gasteiger partial charge in [0.05, 0.1) is 11.7 Å². The van der Waals surface area contributed by atoms with Crippen LogP contribution in [-0.4, -0.2) is 20.7 Å². The number of pyridine rings is 1. The topological polar surface area (TPSA) is 83.6 Å². The fourth-order valence-electron chi connectivity index (χ4n) is 3.62. The molecule has 0 unspecified atom stereocenters. The predicted molar refractivity (Wildman–Crippen MR) is 132 cm³/mol. The van der Waals surface area contributed by atoms with E-state index in [1.54, 1.807) is 24.3 Å². The summed E-state index contributed by atoms with van der Waals surface area (Å²) in [4.78, 5) is 17.4. The Morgan fingerprint density at radius 1 is 1.12 bits per heavy atom. The molecule has 0 atom stereocenters. The minimum Gasteiger partial charge on any atom is -0.306 e. The van der Waals surface area contributed by atoms with Crippen molar-refractivity contribution in [2.75, 3.05) is 5.32 Å². The molecule has 6 nitrogen and oxygen atoms in total. The molecule has 0 spiro atoms. The second kappa shape index (κ2) is 9.07. The summed E-state index contributed by atoms with van der Waals surface area (Å²) in [6.45, 7) is 6.05. The van der Waals surface area contributed by atoms with Crippen molar-refractivity contribution in [3.63, 3.8) is 0 Å². The van der Waals surface area contributed by atoms with Crippen LogP contribution in [0.5, 0.6) is 0 Å². The average molecular weight is 476 g/mol. The van der Waals surface area contributed by atoms with Gasteiger partial charge in [-0.1, -0.05) is 40.9 Å². The van der Waals surface area contributed by atoms with Gasteiger partial charge in [0.25, 0.3) is 0 Å². The molecular weight excluding hydrogens is 457 g/mol. The number of carbonyl (C=O) groups excluding carboxylic acids is 1. The zero-order chi connectivity index (χ0) is 23.7. The largest absolute Gasteiger partial charge is 0.306 e. The van der Waals surface area contributed by atoms with Gasteiger partial charge in [-0.15, -0.1) is 0 Å². The number of nitriles is 1. The predicted octanol–water partition coefficient (Wildman–Crippen LogP) is 6.18. The minimum absolute atomic E-state index is 0.224. The van der Waals surface area contributed by atoms with Gasteiger partial charge in [-0.05, 0) is 67.8 Å². The van der Waals surface area contributed by atoms with Crippen LogP contribution in [-0.2, 0) is 4.79 Å². The third kappa shape index (κ3) is 4.61. The van der Waals surface area contributed by atoms with Crippen LogP contribution in [0.1, 0.15) is 27.8 Å². The summed E-state index contributed by atoms with van der Waals surface area (Å²) in [7, 11) is 0. The highest BCUT2D eigenvalue weighted by Gasteiger charge is 2.17. The molecule has 33 heavy (non-hydrogen) atoms. The van der Waals surface area contributed by atoms with E-state index in [1.807, 2.05) is 26.8 Å². The number of amides is 1. The molecule has 1 amide bonds. The molecule has 0 saturated carbocycles. The maximum absolute atomic E-state index is 12.6. The third-order valence-electron chi connectivity index (χ3n) is 5.17. The molecular formula is C25H19Cl2N5O. The molecule has 0 fully saturated rings. The highest BCUT2D eigenvalue weighted by molar-refractivity contribution is 6.35. The molecule has 164 valence electrons. The van der Waals surface area contributed by atoms with Crippen molar-refractivity contribution < 1.29 is 4.79 Å². The number of rotatable bonds is 4. The summed E-state index contributed by atoms with van der Waals surface area (Å²) in [6.07, 6.45) is 4.31. The van der Waals surface area contributed by atoms with Crippen molar-refractivity contribution in [2.24, 2.45) is 0 Å². The van der Waals surface area contributed by atoms with Crippen molar-refractivity contribution in [2.45, 2.75) is 20.8 Å². The van der Waals surface area contributed by atoms with Crippen LogP contribution in [0, 0.1) is 32.1 Å². The Kier molecular flexibility index (Phi) is 6.19. The van der Waals surface area contributed by atoms with E-state index in [1.165, 1.54) is 17.0 Å². The van der Waals surface area contributed by atoms with Crippen LogP contribution in [0.4, 0.5) is 5.82 Å². The number of fused-ring (bicyclic) bond motifs is 1. The quantitative estimate of drug-likeness (QED) is 0.357. The van der Waals surface area contributed by atoms with Gasteiger partial charge in [0.15, 0.2) is 11.6 Å². The summed E-state index contributed by atoms with van der Waals surface area (Å²) in [5.41, 5.74) is 4.92. The Labute approximate surface area is 201 Å². The number of carbonyl (C=O) groups is 1. The SMILES string of the molecule is Cc1cc(C)c2nc(-n3ncc(C#N)c3NC(=O)/C=C/c3ccc(Cl)cc3Cl)cc(C)c2c1. The van der Waals surface area contributed by atoms with Gasteiger partial charge in [-0.25, -0.2) is 4.98 Å². The lowest BCUT2D eigenvalue weighted by molar-refractivity contribution is -0.111. The standard InChI is InChI=1S/C25H19Cl2N5O/c1-14-8-16(3)24-20(9-14)15(2)10-22(30-24)32-25(18(12-28)13-29-32)31-23(33)7-5-17-4-6-19(26)11-21(17)27/h4-11,13H,1-3H3,(H,31,33)/b7-5+. The van der Waals surface area contributed by atoms with Gasteiger partial charge < -0.3 is 5.32 Å². The van der Waals surface area contributed by atoms with Crippen LogP contribution >= 0.6 is 23.2 Å². The Morgan fingerprint density at radius 3 is 2.64 bits per heavy atom. The zero-order valence-corrected chi connectivity index (χ0v) is 19.7. The maximum atomic E-state index is 12.6. The molecule has 1 N–H and O–H groups in total. The van der Waals surface area contributed by atoms with Crippen LogP contribution in [0.25, 0.3) is 22.8 Å². The van der Waals surface area contributed by atoms with Crippen LogP contribution in [0.3, 0.4) is 0 Å². The number of halogens is 2. The van der Waals surface area contributed by atoms with Gasteiger partial charge in [-0.3, -0.25) is 4.79 Å². The van der Waals surface area contributed by atoms with Crippen LogP contribution < -0.4 is 5.32 Å². The molecule has 0 saturated heterocycles. The van der Waals surface area contributed by atoms with E-state index < -0.39 is 5.91 Å². The van der Waals surface area contributed by atoms with Crippen molar-refractivity contribution in [1.82, 2.24) is 14.8 Å². The smallest absolute Gasteiger partial charge is 0.249 e. The van der Waals surface area contributed by atoms with Gasteiger partial charge in [-0.2, -0.15) is 15.0 Å². The maximum Gasteiger partial charge on any atom is 0.249 e. The molecule has 0 aliphatic carbocycles. The number of benzene rings is 2. The fraction of sp³-hybridized carbons (Fsp3) is 0.120. The molecule has 4 rings (SSSR count). The lowest BCUT2D eigenvalue weighted by Gasteiger charge is -2.12. The van der Waals surface area contributed by atoms with E-state index in [4.69, 9.17) is 28.2 Å². The molecule has 0 aliphatic heterocycles. The first-order valence-corrected chi connectivity index (χ1v) is 10.8. The van der Waals surface area contributed by atoms with Crippen LogP contribution in [0.2, 0.25) is 10.0 Å². The monoisotopic (exact) mass is 475 g/mol. The third-order valence-corrected chi connectivity index (χ3v) is 5.73. The zero-order valence-electron chi connectivity index (χ0n) is 18.1. The van der Waals surface area contributed by atoms with Gasteiger partial charge in [0.2, 0.25) is 5.91 Å². The molecule has 2 aromatic heterocycles. The number of nitrogens with one attached hydrogen (secondary N) is 1. The molecule has 2 heterocycles. The van der Waals surface area contributed by atoms with Crippen molar-refractivity contribution in [1.29, 1.82) is 5.26 Å². The Morgan fingerprint density at radius 2 is 1.91 bits per heavy atom. The summed E-state index contributed by atoms with van der Waals surface area (Å²) < 4.78 is 1.46. The molecule has 0 radical (unpaired) electrons. The first-order valence-electron chi connectivity index (χ1n) is 10.1. The fourth-order valence-corrected chi connectivity index (χ4v) is 4.09. The molecule has 0 aliphatic rings. The number of nitrogens with zero attached hydrogens (tertiary/aromatic N) is 4. The average Bonchev–Trinajstić information content (AvgIpc) is 3.16. The highest BCUT2D eigenvalue weighted by Crippen LogP contribution is 2.27. The molecule has 0 bridgehead atoms. The first kappa shape index (κ1) is 22.5. The van der Waals surface area contributed by atoms with Gasteiger partial charge in [0.1, 0.15) is 11.6 Å². The first-order chi connectivity index (χ1) is 15.8. The van der Waals surface area contributed by atoms with E-state index in [-0.39, 0.29) is 11.4 Å². The second-order valence-corrected chi connectivity index (χ2v) is 8.54. The Balaban J connectivity index is 1.70. The van der Waals surface area contributed by atoms with Crippen molar-refractivity contribution in [3.05, 3.63) is 86.5 Å². The van der Waals surface area contributed by atoms with E-state index in [0.717, 1.165) is 27.6 Å². The Bertz CT molecular complexity index is 1480. The minimum atomic E-state index is -0.441. The van der Waals surface area contributed by atoms with E-state index in [9.17, 15) is 10.1 Å². The van der Waals surface area contributed by atoms with Gasteiger partial charge >= 0.3 is 0 Å². The molecule has 8 heteroatoms. The summed E-state index contributed by atoms with van der Waals surface area (Å²) in [6, 6.07) is 13.1. The van der Waals surface area contributed by atoms with Crippen LogP contribution in [0.15, 0.2) is 48.7 Å². The summed E-state index contributed by atoms with van der Waals surface area (Å²) in [5.74, 6) is 0.308. The summed E-state index contributed by atoms with van der Waals surface area (Å²) in [5, 5.41) is 18.6. The van der Waals surface area contributed by atoms with Crippen molar-refractivity contribution in [3.8, 4) is 11.9 Å². The molecule has 2 aromatic carbocycles. The van der Waals surface area contributed by atoms with Crippen molar-refractivity contribution >= 4 is 51.9 Å². The molecule has 4 aromatic rings.